The van der Waals surface area contributed by atoms with E-state index < -0.39 is 0 Å². The predicted molar refractivity (Wildman–Crippen MR) is 70.7 cm³/mol. The van der Waals surface area contributed by atoms with Gasteiger partial charge in [-0.15, -0.1) is 0 Å². The Morgan fingerprint density at radius 2 is 2.16 bits per heavy atom. The fourth-order valence-corrected chi connectivity index (χ4v) is 3.61. The topological polar surface area (TPSA) is 53.7 Å². The molecule has 0 bridgehead atoms. The first-order chi connectivity index (χ1) is 9.27. The minimum Gasteiger partial charge on any atom is -0.459 e. The summed E-state index contributed by atoms with van der Waals surface area (Å²) in [5.41, 5.74) is 0. The molecule has 2 fully saturated rings. The van der Waals surface area contributed by atoms with E-state index in [1.54, 1.807) is 12.1 Å². The zero-order chi connectivity index (χ0) is 13.2. The van der Waals surface area contributed by atoms with Gasteiger partial charge < -0.3 is 14.4 Å². The maximum atomic E-state index is 12.5. The van der Waals surface area contributed by atoms with Gasteiger partial charge in [-0.1, -0.05) is 6.42 Å². The number of carbonyl (C=O) groups excluding carboxylic acids is 1. The molecule has 104 valence electrons. The van der Waals surface area contributed by atoms with Crippen molar-refractivity contribution in [3.63, 3.8) is 0 Å². The zero-order valence-electron chi connectivity index (χ0n) is 11.1. The summed E-state index contributed by atoms with van der Waals surface area (Å²) in [4.78, 5) is 14.4. The number of aliphatic hydroxyl groups is 1. The van der Waals surface area contributed by atoms with Crippen LogP contribution in [0.1, 0.15) is 49.1 Å². The lowest BCUT2D eigenvalue weighted by Crippen LogP contribution is -2.49. The van der Waals surface area contributed by atoms with Gasteiger partial charge in [0.2, 0.25) is 0 Å². The molecule has 1 N–H and O–H groups in total. The molecule has 4 heteroatoms. The Bertz CT molecular complexity index is 429. The van der Waals surface area contributed by atoms with Gasteiger partial charge in [-0.2, -0.15) is 0 Å². The number of furan rings is 1. The molecule has 1 aromatic heterocycles. The fraction of sp³-hybridized carbons (Fsp3) is 0.667. The standard InChI is InChI=1S/C15H21NO3/c17-13-7-3-5-11(13)12-6-1-2-9-16(12)15(18)14-8-4-10-19-14/h4,8,10-13,17H,1-3,5-7,9H2. The summed E-state index contributed by atoms with van der Waals surface area (Å²) in [6.07, 6.45) is 7.49. The molecule has 2 heterocycles. The molecule has 0 radical (unpaired) electrons. The normalized spacial score (nSPS) is 31.6. The maximum absolute atomic E-state index is 12.5. The van der Waals surface area contributed by atoms with Crippen LogP contribution in [-0.4, -0.2) is 34.6 Å². The number of nitrogens with zero attached hydrogens (tertiary/aromatic N) is 1. The summed E-state index contributed by atoms with van der Waals surface area (Å²) < 4.78 is 5.23. The smallest absolute Gasteiger partial charge is 0.289 e. The van der Waals surface area contributed by atoms with Crippen molar-refractivity contribution >= 4 is 5.91 Å². The van der Waals surface area contributed by atoms with Crippen LogP contribution in [0.3, 0.4) is 0 Å². The minimum atomic E-state index is -0.241. The number of amides is 1. The van der Waals surface area contributed by atoms with Gasteiger partial charge in [0, 0.05) is 18.5 Å². The number of aliphatic hydroxyl groups excluding tert-OH is 1. The number of rotatable bonds is 2. The average molecular weight is 263 g/mol. The van der Waals surface area contributed by atoms with Crippen LogP contribution in [0.25, 0.3) is 0 Å². The van der Waals surface area contributed by atoms with Gasteiger partial charge in [0.1, 0.15) is 0 Å². The Kier molecular flexibility index (Phi) is 3.60. The molecule has 3 unspecified atom stereocenters. The van der Waals surface area contributed by atoms with Crippen molar-refractivity contribution in [2.24, 2.45) is 5.92 Å². The summed E-state index contributed by atoms with van der Waals surface area (Å²) in [5.74, 6) is 0.646. The first kappa shape index (κ1) is 12.7. The molecule has 1 amide bonds. The van der Waals surface area contributed by atoms with Crippen LogP contribution in [0, 0.1) is 5.92 Å². The van der Waals surface area contributed by atoms with E-state index in [4.69, 9.17) is 4.42 Å². The van der Waals surface area contributed by atoms with Crippen LogP contribution in [0.4, 0.5) is 0 Å². The highest BCUT2D eigenvalue weighted by molar-refractivity contribution is 5.91. The van der Waals surface area contributed by atoms with Crippen LogP contribution in [-0.2, 0) is 0 Å². The van der Waals surface area contributed by atoms with Crippen LogP contribution < -0.4 is 0 Å². The average Bonchev–Trinajstić information content (AvgIpc) is 3.09. The van der Waals surface area contributed by atoms with Gasteiger partial charge in [-0.3, -0.25) is 4.79 Å². The molecule has 19 heavy (non-hydrogen) atoms. The third-order valence-electron chi connectivity index (χ3n) is 4.57. The minimum absolute atomic E-state index is 0.0196. The Morgan fingerprint density at radius 3 is 2.84 bits per heavy atom. The van der Waals surface area contributed by atoms with E-state index in [1.807, 2.05) is 4.90 Å². The third-order valence-corrected chi connectivity index (χ3v) is 4.57. The molecule has 1 aliphatic carbocycles. The molecule has 0 aromatic carbocycles. The van der Waals surface area contributed by atoms with Crippen molar-refractivity contribution in [2.75, 3.05) is 6.54 Å². The van der Waals surface area contributed by atoms with Crippen molar-refractivity contribution in [1.29, 1.82) is 0 Å². The van der Waals surface area contributed by atoms with E-state index in [-0.39, 0.29) is 24.0 Å². The Morgan fingerprint density at radius 1 is 1.26 bits per heavy atom. The van der Waals surface area contributed by atoms with Gasteiger partial charge in [0.25, 0.3) is 5.91 Å². The molecular weight excluding hydrogens is 242 g/mol. The van der Waals surface area contributed by atoms with Gasteiger partial charge in [0.05, 0.1) is 12.4 Å². The predicted octanol–water partition coefficient (Wildman–Crippen LogP) is 2.44. The van der Waals surface area contributed by atoms with E-state index in [9.17, 15) is 9.90 Å². The molecule has 3 atom stereocenters. The van der Waals surface area contributed by atoms with Crippen molar-refractivity contribution in [1.82, 2.24) is 4.90 Å². The summed E-state index contributed by atoms with van der Waals surface area (Å²) in [7, 11) is 0. The highest BCUT2D eigenvalue weighted by atomic mass is 16.3. The van der Waals surface area contributed by atoms with E-state index >= 15 is 0 Å². The number of piperidine rings is 1. The third kappa shape index (κ3) is 2.41. The van der Waals surface area contributed by atoms with Gasteiger partial charge in [-0.05, 0) is 44.2 Å². The second-order valence-corrected chi connectivity index (χ2v) is 5.70. The van der Waals surface area contributed by atoms with Crippen LogP contribution in [0.5, 0.6) is 0 Å². The summed E-state index contributed by atoms with van der Waals surface area (Å²) in [6.45, 7) is 0.785. The maximum Gasteiger partial charge on any atom is 0.289 e. The summed E-state index contributed by atoms with van der Waals surface area (Å²) in [6, 6.07) is 3.65. The second kappa shape index (κ2) is 5.37. The van der Waals surface area contributed by atoms with Crippen molar-refractivity contribution in [3.05, 3.63) is 24.2 Å². The molecule has 2 aliphatic rings. The quantitative estimate of drug-likeness (QED) is 0.891. The highest BCUT2D eigenvalue weighted by Crippen LogP contribution is 2.35. The Hall–Kier alpha value is -1.29. The van der Waals surface area contributed by atoms with E-state index in [2.05, 4.69) is 0 Å². The molecule has 1 saturated heterocycles. The number of hydrogen-bond acceptors (Lipinski definition) is 3. The molecule has 3 rings (SSSR count). The second-order valence-electron chi connectivity index (χ2n) is 5.70. The SMILES string of the molecule is O=C(c1ccco1)N1CCCCC1C1CCCC1O. The summed E-state index contributed by atoms with van der Waals surface area (Å²) in [5, 5.41) is 10.1. The Labute approximate surface area is 113 Å². The number of carbonyl (C=O) groups is 1. The molecule has 1 aromatic rings. The van der Waals surface area contributed by atoms with Crippen molar-refractivity contribution < 1.29 is 14.3 Å². The van der Waals surface area contributed by atoms with Crippen LogP contribution in [0.15, 0.2) is 22.8 Å². The number of hydrogen-bond donors (Lipinski definition) is 1. The van der Waals surface area contributed by atoms with Gasteiger partial charge in [0.15, 0.2) is 5.76 Å². The number of likely N-dealkylation sites (tertiary alicyclic amines) is 1. The molecule has 0 spiro atoms. The van der Waals surface area contributed by atoms with E-state index in [0.29, 0.717) is 5.76 Å². The zero-order valence-corrected chi connectivity index (χ0v) is 11.1. The molecule has 1 aliphatic heterocycles. The first-order valence-electron chi connectivity index (χ1n) is 7.30. The van der Waals surface area contributed by atoms with Crippen LogP contribution in [0.2, 0.25) is 0 Å². The van der Waals surface area contributed by atoms with Crippen molar-refractivity contribution in [2.45, 2.75) is 50.7 Å². The van der Waals surface area contributed by atoms with Gasteiger partial charge >= 0.3 is 0 Å². The molecular formula is C15H21NO3. The first-order valence-corrected chi connectivity index (χ1v) is 7.30. The molecule has 4 nitrogen and oxygen atoms in total. The molecule has 1 saturated carbocycles. The monoisotopic (exact) mass is 263 g/mol. The Balaban J connectivity index is 1.79. The van der Waals surface area contributed by atoms with E-state index in [0.717, 1.165) is 45.1 Å². The van der Waals surface area contributed by atoms with Gasteiger partial charge in [-0.25, -0.2) is 0 Å². The lowest BCUT2D eigenvalue weighted by Gasteiger charge is -2.40. The summed E-state index contributed by atoms with van der Waals surface area (Å²) >= 11 is 0. The fourth-order valence-electron chi connectivity index (χ4n) is 3.61. The van der Waals surface area contributed by atoms with E-state index in [1.165, 1.54) is 6.26 Å². The van der Waals surface area contributed by atoms with Crippen molar-refractivity contribution in [3.8, 4) is 0 Å². The van der Waals surface area contributed by atoms with Crippen LogP contribution >= 0.6 is 0 Å². The highest BCUT2D eigenvalue weighted by Gasteiger charge is 2.39. The lowest BCUT2D eigenvalue weighted by molar-refractivity contribution is 0.0266. The lowest BCUT2D eigenvalue weighted by atomic mass is 9.87. The largest absolute Gasteiger partial charge is 0.459 e.